The van der Waals surface area contributed by atoms with Crippen molar-refractivity contribution in [3.05, 3.63) is 22.4 Å². The lowest BCUT2D eigenvalue weighted by atomic mass is 10.1. The number of hydrogen-bond donors (Lipinski definition) is 3. The third-order valence-electron chi connectivity index (χ3n) is 2.96. The molecule has 18 heavy (non-hydrogen) atoms. The summed E-state index contributed by atoms with van der Waals surface area (Å²) >= 11 is 1.98. The molecule has 1 atom stereocenters. The van der Waals surface area contributed by atoms with Crippen LogP contribution in [0.1, 0.15) is 25.0 Å². The Morgan fingerprint density at radius 2 is 2.44 bits per heavy atom. The van der Waals surface area contributed by atoms with E-state index < -0.39 is 0 Å². The number of aromatic nitrogens is 2. The molecule has 3 N–H and O–H groups in total. The topological polar surface area (TPSA) is 69.8 Å². The van der Waals surface area contributed by atoms with Gasteiger partial charge in [-0.1, -0.05) is 6.92 Å². The van der Waals surface area contributed by atoms with E-state index in [1.807, 2.05) is 11.8 Å². The lowest BCUT2D eigenvalue weighted by Crippen LogP contribution is -2.25. The lowest BCUT2D eigenvalue weighted by Gasteiger charge is -2.10. The highest BCUT2D eigenvalue weighted by Crippen LogP contribution is 2.24. The van der Waals surface area contributed by atoms with Gasteiger partial charge in [0.15, 0.2) is 0 Å². The van der Waals surface area contributed by atoms with Gasteiger partial charge < -0.3 is 15.6 Å². The Kier molecular flexibility index (Phi) is 5.07. The predicted molar refractivity (Wildman–Crippen MR) is 76.6 cm³/mol. The molecule has 1 aromatic heterocycles. The number of H-pyrrole nitrogens is 1. The van der Waals surface area contributed by atoms with Crippen molar-refractivity contribution in [1.29, 1.82) is 0 Å². The fourth-order valence-corrected chi connectivity index (χ4v) is 2.83. The predicted octanol–water partition coefficient (Wildman–Crippen LogP) is 1.01. The molecule has 0 aliphatic carbocycles. The molecule has 2 heterocycles. The van der Waals surface area contributed by atoms with Crippen LogP contribution in [0.25, 0.3) is 0 Å². The average Bonchev–Trinajstić information content (AvgIpc) is 2.79. The molecule has 1 unspecified atom stereocenters. The van der Waals surface area contributed by atoms with Gasteiger partial charge in [0.1, 0.15) is 5.69 Å². The highest BCUT2D eigenvalue weighted by molar-refractivity contribution is 7.99. The van der Waals surface area contributed by atoms with Crippen molar-refractivity contribution in [2.75, 3.05) is 36.5 Å². The fourth-order valence-electron chi connectivity index (χ4n) is 2.05. The Hall–Kier alpha value is -1.01. The zero-order chi connectivity index (χ0) is 12.8. The van der Waals surface area contributed by atoms with Gasteiger partial charge in [-0.05, 0) is 12.2 Å². The smallest absolute Gasteiger partial charge is 0.274 e. The maximum absolute atomic E-state index is 11.5. The van der Waals surface area contributed by atoms with E-state index in [9.17, 15) is 4.79 Å². The van der Waals surface area contributed by atoms with E-state index in [0.717, 1.165) is 31.1 Å². The summed E-state index contributed by atoms with van der Waals surface area (Å²) in [6.07, 6.45) is 2.72. The van der Waals surface area contributed by atoms with Crippen LogP contribution in [0, 0.1) is 0 Å². The van der Waals surface area contributed by atoms with Gasteiger partial charge in [-0.25, -0.2) is 4.98 Å². The zero-order valence-corrected chi connectivity index (χ0v) is 11.5. The Bertz CT molecular complexity index is 434. The van der Waals surface area contributed by atoms with Crippen LogP contribution >= 0.6 is 11.8 Å². The van der Waals surface area contributed by atoms with Gasteiger partial charge in [-0.2, -0.15) is 11.8 Å². The highest BCUT2D eigenvalue weighted by atomic mass is 32.2. The molecule has 1 aromatic rings. The van der Waals surface area contributed by atoms with E-state index in [1.165, 1.54) is 18.5 Å². The molecule has 0 spiro atoms. The van der Waals surface area contributed by atoms with E-state index in [4.69, 9.17) is 0 Å². The molecule has 0 saturated carbocycles. The summed E-state index contributed by atoms with van der Waals surface area (Å²) in [5.41, 5.74) is 1.47. The van der Waals surface area contributed by atoms with Crippen LogP contribution in [0.15, 0.2) is 11.1 Å². The van der Waals surface area contributed by atoms with Crippen molar-refractivity contribution >= 4 is 17.4 Å². The summed E-state index contributed by atoms with van der Waals surface area (Å²) in [5, 5.41) is 6.56. The van der Waals surface area contributed by atoms with Crippen LogP contribution in [0.3, 0.4) is 0 Å². The number of nitrogens with one attached hydrogen (secondary N) is 3. The van der Waals surface area contributed by atoms with Crippen LogP contribution in [-0.4, -0.2) is 41.1 Å². The molecule has 6 heteroatoms. The van der Waals surface area contributed by atoms with Gasteiger partial charge in [0, 0.05) is 31.3 Å². The summed E-state index contributed by atoms with van der Waals surface area (Å²) < 4.78 is 0. The maximum Gasteiger partial charge on any atom is 0.274 e. The number of anilines is 1. The number of hydrogen-bond acceptors (Lipinski definition) is 5. The van der Waals surface area contributed by atoms with E-state index >= 15 is 0 Å². The molecule has 0 radical (unpaired) electrons. The Morgan fingerprint density at radius 3 is 3.28 bits per heavy atom. The van der Waals surface area contributed by atoms with Crippen molar-refractivity contribution in [3.8, 4) is 0 Å². The number of aromatic amines is 1. The SMILES string of the molecule is CCCSCCNCC1CNc2c1nc[nH]c2=O. The van der Waals surface area contributed by atoms with Gasteiger partial charge in [0.25, 0.3) is 5.56 Å². The molecule has 1 aliphatic heterocycles. The average molecular weight is 268 g/mol. The molecule has 0 bridgehead atoms. The Morgan fingerprint density at radius 1 is 1.56 bits per heavy atom. The second-order valence-electron chi connectivity index (χ2n) is 4.39. The second kappa shape index (κ2) is 6.80. The summed E-state index contributed by atoms with van der Waals surface area (Å²) in [5.74, 6) is 2.68. The molecule has 100 valence electrons. The minimum atomic E-state index is -0.0685. The summed E-state index contributed by atoms with van der Waals surface area (Å²) in [7, 11) is 0. The molecule has 0 aromatic carbocycles. The number of thioether (sulfide) groups is 1. The van der Waals surface area contributed by atoms with E-state index in [1.54, 1.807) is 0 Å². The summed E-state index contributed by atoms with van der Waals surface area (Å²) in [6, 6.07) is 0. The first-order valence-electron chi connectivity index (χ1n) is 6.42. The Labute approximate surface area is 111 Å². The normalized spacial score (nSPS) is 17.5. The fraction of sp³-hybridized carbons (Fsp3) is 0.667. The summed E-state index contributed by atoms with van der Waals surface area (Å²) in [4.78, 5) is 18.4. The number of fused-ring (bicyclic) bond motifs is 1. The van der Waals surface area contributed by atoms with E-state index in [0.29, 0.717) is 11.6 Å². The van der Waals surface area contributed by atoms with Crippen molar-refractivity contribution in [1.82, 2.24) is 15.3 Å². The van der Waals surface area contributed by atoms with E-state index in [2.05, 4.69) is 27.5 Å². The number of rotatable bonds is 7. The Balaban J connectivity index is 1.76. The molecule has 5 nitrogen and oxygen atoms in total. The highest BCUT2D eigenvalue weighted by Gasteiger charge is 2.25. The molecular weight excluding hydrogens is 248 g/mol. The zero-order valence-electron chi connectivity index (χ0n) is 10.7. The van der Waals surface area contributed by atoms with Gasteiger partial charge >= 0.3 is 0 Å². The minimum absolute atomic E-state index is 0.0685. The van der Waals surface area contributed by atoms with E-state index in [-0.39, 0.29) is 5.56 Å². The lowest BCUT2D eigenvalue weighted by molar-refractivity contribution is 0.624. The first-order chi connectivity index (χ1) is 8.83. The summed E-state index contributed by atoms with van der Waals surface area (Å²) in [6.45, 7) is 4.89. The van der Waals surface area contributed by atoms with Crippen LogP contribution in [0.5, 0.6) is 0 Å². The molecular formula is C12H20N4OS. The standard InChI is InChI=1S/C12H20N4OS/c1-2-4-18-5-3-13-6-9-7-14-11-10(9)15-8-16-12(11)17/h8-9,13-14H,2-7H2,1H3,(H,15,16,17). The molecule has 2 rings (SSSR count). The van der Waals surface area contributed by atoms with Gasteiger partial charge in [-0.15, -0.1) is 0 Å². The largest absolute Gasteiger partial charge is 0.378 e. The van der Waals surface area contributed by atoms with Crippen molar-refractivity contribution in [2.45, 2.75) is 19.3 Å². The van der Waals surface area contributed by atoms with Crippen LogP contribution in [-0.2, 0) is 0 Å². The van der Waals surface area contributed by atoms with Crippen LogP contribution < -0.4 is 16.2 Å². The molecule has 1 aliphatic rings. The number of nitrogens with zero attached hydrogens (tertiary/aromatic N) is 1. The van der Waals surface area contributed by atoms with Gasteiger partial charge in [0.05, 0.1) is 12.0 Å². The van der Waals surface area contributed by atoms with Crippen LogP contribution in [0.4, 0.5) is 5.69 Å². The van der Waals surface area contributed by atoms with Crippen molar-refractivity contribution < 1.29 is 0 Å². The molecule has 0 saturated heterocycles. The van der Waals surface area contributed by atoms with Gasteiger partial charge in [0.2, 0.25) is 0 Å². The second-order valence-corrected chi connectivity index (χ2v) is 5.61. The third kappa shape index (κ3) is 3.26. The minimum Gasteiger partial charge on any atom is -0.378 e. The third-order valence-corrected chi connectivity index (χ3v) is 4.15. The first kappa shape index (κ1) is 13.4. The van der Waals surface area contributed by atoms with Crippen LogP contribution in [0.2, 0.25) is 0 Å². The van der Waals surface area contributed by atoms with Crippen molar-refractivity contribution in [3.63, 3.8) is 0 Å². The van der Waals surface area contributed by atoms with Gasteiger partial charge in [-0.3, -0.25) is 4.79 Å². The molecule has 0 fully saturated rings. The quantitative estimate of drug-likeness (QED) is 0.644. The van der Waals surface area contributed by atoms with Crippen molar-refractivity contribution in [2.24, 2.45) is 0 Å². The monoisotopic (exact) mass is 268 g/mol. The molecule has 0 amide bonds. The maximum atomic E-state index is 11.5. The first-order valence-corrected chi connectivity index (χ1v) is 7.58.